The SMILES string of the molecule is CCOC(=O)c1c(C(C)C)csc1NN. The van der Waals surface area contributed by atoms with Crippen LogP contribution in [0.5, 0.6) is 0 Å². The summed E-state index contributed by atoms with van der Waals surface area (Å²) in [7, 11) is 0. The van der Waals surface area contributed by atoms with E-state index < -0.39 is 0 Å². The molecule has 0 fully saturated rings. The number of hydrogen-bond donors (Lipinski definition) is 2. The zero-order valence-electron chi connectivity index (χ0n) is 9.16. The summed E-state index contributed by atoms with van der Waals surface area (Å²) in [6.07, 6.45) is 0. The monoisotopic (exact) mass is 228 g/mol. The van der Waals surface area contributed by atoms with Crippen LogP contribution in [0.25, 0.3) is 0 Å². The van der Waals surface area contributed by atoms with Crippen molar-refractivity contribution in [3.8, 4) is 0 Å². The summed E-state index contributed by atoms with van der Waals surface area (Å²) in [5, 5.41) is 2.60. The highest BCUT2D eigenvalue weighted by atomic mass is 32.1. The van der Waals surface area contributed by atoms with E-state index in [0.717, 1.165) is 5.56 Å². The van der Waals surface area contributed by atoms with Gasteiger partial charge in [0.25, 0.3) is 0 Å². The number of hydrogen-bond acceptors (Lipinski definition) is 5. The van der Waals surface area contributed by atoms with E-state index >= 15 is 0 Å². The number of rotatable bonds is 4. The van der Waals surface area contributed by atoms with Gasteiger partial charge in [0.15, 0.2) is 0 Å². The van der Waals surface area contributed by atoms with E-state index in [2.05, 4.69) is 5.43 Å². The topological polar surface area (TPSA) is 64.3 Å². The van der Waals surface area contributed by atoms with E-state index in [9.17, 15) is 4.79 Å². The predicted octanol–water partition coefficient (Wildman–Crippen LogP) is 2.33. The maximum Gasteiger partial charge on any atom is 0.341 e. The first-order valence-electron chi connectivity index (χ1n) is 4.86. The van der Waals surface area contributed by atoms with Crippen molar-refractivity contribution in [2.45, 2.75) is 26.7 Å². The first-order chi connectivity index (χ1) is 7.11. The molecule has 1 rings (SSSR count). The Morgan fingerprint density at radius 3 is 2.80 bits per heavy atom. The molecule has 84 valence electrons. The fraction of sp³-hybridized carbons (Fsp3) is 0.500. The van der Waals surface area contributed by atoms with Crippen LogP contribution in [0.2, 0.25) is 0 Å². The van der Waals surface area contributed by atoms with Gasteiger partial charge in [-0.05, 0) is 23.8 Å². The minimum atomic E-state index is -0.310. The Balaban J connectivity index is 3.10. The quantitative estimate of drug-likeness (QED) is 0.471. The van der Waals surface area contributed by atoms with Gasteiger partial charge in [0.05, 0.1) is 12.2 Å². The third kappa shape index (κ3) is 2.49. The predicted molar refractivity (Wildman–Crippen MR) is 62.2 cm³/mol. The van der Waals surface area contributed by atoms with Crippen LogP contribution in [0.1, 0.15) is 42.6 Å². The van der Waals surface area contributed by atoms with E-state index in [4.69, 9.17) is 10.6 Å². The Hall–Kier alpha value is -1.07. The minimum Gasteiger partial charge on any atom is -0.462 e. The lowest BCUT2D eigenvalue weighted by Gasteiger charge is -2.08. The third-order valence-corrected chi connectivity index (χ3v) is 2.98. The van der Waals surface area contributed by atoms with Crippen LogP contribution in [0.4, 0.5) is 5.00 Å². The summed E-state index contributed by atoms with van der Waals surface area (Å²) >= 11 is 1.42. The van der Waals surface area contributed by atoms with Crippen LogP contribution in [0, 0.1) is 0 Å². The molecule has 0 aliphatic heterocycles. The molecular formula is C10H16N2O2S. The number of esters is 1. The molecule has 0 unspecified atom stereocenters. The fourth-order valence-corrected chi connectivity index (χ4v) is 2.34. The highest BCUT2D eigenvalue weighted by Gasteiger charge is 2.21. The summed E-state index contributed by atoms with van der Waals surface area (Å²) in [4.78, 5) is 11.7. The average molecular weight is 228 g/mol. The molecule has 0 aromatic carbocycles. The molecule has 1 aromatic rings. The van der Waals surface area contributed by atoms with Gasteiger partial charge in [-0.2, -0.15) is 0 Å². The first-order valence-corrected chi connectivity index (χ1v) is 5.74. The van der Waals surface area contributed by atoms with Gasteiger partial charge in [-0.1, -0.05) is 13.8 Å². The Bertz CT molecular complexity index is 347. The molecule has 1 heterocycles. The van der Waals surface area contributed by atoms with E-state index in [0.29, 0.717) is 17.2 Å². The highest BCUT2D eigenvalue weighted by molar-refractivity contribution is 7.14. The molecule has 15 heavy (non-hydrogen) atoms. The fourth-order valence-electron chi connectivity index (χ4n) is 1.32. The van der Waals surface area contributed by atoms with Crippen LogP contribution in [0.15, 0.2) is 5.38 Å². The number of thiophene rings is 1. The normalized spacial score (nSPS) is 10.5. The van der Waals surface area contributed by atoms with E-state index in [1.54, 1.807) is 6.92 Å². The molecule has 0 atom stereocenters. The van der Waals surface area contributed by atoms with Crippen LogP contribution in [-0.2, 0) is 4.74 Å². The molecule has 4 nitrogen and oxygen atoms in total. The minimum absolute atomic E-state index is 0.280. The maximum absolute atomic E-state index is 11.7. The van der Waals surface area contributed by atoms with Gasteiger partial charge in [0.1, 0.15) is 5.00 Å². The van der Waals surface area contributed by atoms with Crippen LogP contribution < -0.4 is 11.3 Å². The van der Waals surface area contributed by atoms with Crippen LogP contribution in [0.3, 0.4) is 0 Å². The number of carbonyl (C=O) groups is 1. The molecule has 0 bridgehead atoms. The highest BCUT2D eigenvalue weighted by Crippen LogP contribution is 2.32. The van der Waals surface area contributed by atoms with Gasteiger partial charge in [-0.15, -0.1) is 11.3 Å². The summed E-state index contributed by atoms with van der Waals surface area (Å²) in [6, 6.07) is 0. The first kappa shape index (κ1) is 12.0. The summed E-state index contributed by atoms with van der Waals surface area (Å²) in [5.74, 6) is 5.32. The molecule has 0 aliphatic carbocycles. The van der Waals surface area contributed by atoms with Gasteiger partial charge >= 0.3 is 5.97 Å². The van der Waals surface area contributed by atoms with E-state index in [1.807, 2.05) is 19.2 Å². The average Bonchev–Trinajstić information content (AvgIpc) is 2.61. The maximum atomic E-state index is 11.7. The van der Waals surface area contributed by atoms with Gasteiger partial charge in [0, 0.05) is 0 Å². The number of nitrogen functional groups attached to an aromatic ring is 1. The van der Waals surface area contributed by atoms with E-state index in [-0.39, 0.29) is 11.9 Å². The lowest BCUT2D eigenvalue weighted by Crippen LogP contribution is -2.13. The van der Waals surface area contributed by atoms with Crippen molar-refractivity contribution in [1.82, 2.24) is 0 Å². The number of ether oxygens (including phenoxy) is 1. The molecule has 0 saturated carbocycles. The molecule has 0 radical (unpaired) electrons. The Morgan fingerprint density at radius 2 is 2.33 bits per heavy atom. The Labute approximate surface area is 93.4 Å². The number of nitrogens with one attached hydrogen (secondary N) is 1. The van der Waals surface area contributed by atoms with Gasteiger partial charge < -0.3 is 10.2 Å². The van der Waals surface area contributed by atoms with E-state index in [1.165, 1.54) is 11.3 Å². The molecule has 5 heteroatoms. The zero-order valence-corrected chi connectivity index (χ0v) is 9.98. The van der Waals surface area contributed by atoms with Crippen molar-refractivity contribution in [1.29, 1.82) is 0 Å². The zero-order chi connectivity index (χ0) is 11.4. The molecule has 3 N–H and O–H groups in total. The number of anilines is 1. The molecule has 0 aliphatic rings. The third-order valence-electron chi connectivity index (χ3n) is 2.05. The summed E-state index contributed by atoms with van der Waals surface area (Å²) < 4.78 is 4.99. The summed E-state index contributed by atoms with van der Waals surface area (Å²) in [6.45, 7) is 6.22. The number of carbonyl (C=O) groups excluding carboxylic acids is 1. The van der Waals surface area contributed by atoms with Crippen LogP contribution in [-0.4, -0.2) is 12.6 Å². The molecule has 0 spiro atoms. The van der Waals surface area contributed by atoms with Crippen LogP contribution >= 0.6 is 11.3 Å². The standard InChI is InChI=1S/C10H16N2O2S/c1-4-14-10(13)8-7(6(2)3)5-15-9(8)12-11/h5-6,12H,4,11H2,1-3H3. The Morgan fingerprint density at radius 1 is 1.67 bits per heavy atom. The van der Waals surface area contributed by atoms with Gasteiger partial charge in [-0.25, -0.2) is 10.6 Å². The smallest absolute Gasteiger partial charge is 0.341 e. The van der Waals surface area contributed by atoms with Gasteiger partial charge in [-0.3, -0.25) is 0 Å². The molecule has 1 aromatic heterocycles. The Kier molecular flexibility index (Phi) is 4.11. The second-order valence-electron chi connectivity index (χ2n) is 3.41. The molecule has 0 amide bonds. The van der Waals surface area contributed by atoms with Crippen molar-refractivity contribution in [3.63, 3.8) is 0 Å². The van der Waals surface area contributed by atoms with Crippen molar-refractivity contribution in [2.24, 2.45) is 5.84 Å². The second-order valence-corrected chi connectivity index (χ2v) is 4.29. The second kappa shape index (κ2) is 5.14. The molecule has 0 saturated heterocycles. The molecular weight excluding hydrogens is 212 g/mol. The lowest BCUT2D eigenvalue weighted by molar-refractivity contribution is 0.0526. The van der Waals surface area contributed by atoms with Crippen molar-refractivity contribution in [3.05, 3.63) is 16.5 Å². The number of hydrazine groups is 1. The largest absolute Gasteiger partial charge is 0.462 e. The van der Waals surface area contributed by atoms with Crippen molar-refractivity contribution in [2.75, 3.05) is 12.0 Å². The summed E-state index contributed by atoms with van der Waals surface area (Å²) in [5.41, 5.74) is 4.07. The lowest BCUT2D eigenvalue weighted by atomic mass is 10.0. The number of nitrogens with two attached hydrogens (primary N) is 1. The van der Waals surface area contributed by atoms with Crippen molar-refractivity contribution >= 4 is 22.3 Å². The van der Waals surface area contributed by atoms with Gasteiger partial charge in [0.2, 0.25) is 0 Å². The van der Waals surface area contributed by atoms with Crippen molar-refractivity contribution < 1.29 is 9.53 Å².